The minimum Gasteiger partial charge on any atom is -0.501 e. The number of aromatic nitrogens is 3. The van der Waals surface area contributed by atoms with Crippen molar-refractivity contribution in [1.29, 1.82) is 0 Å². The van der Waals surface area contributed by atoms with Crippen LogP contribution in [-0.4, -0.2) is 19.5 Å². The molecule has 0 unspecified atom stereocenters. The first-order valence-corrected chi connectivity index (χ1v) is 9.60. The first-order chi connectivity index (χ1) is 12.9. The molecule has 0 radical (unpaired) electrons. The van der Waals surface area contributed by atoms with Gasteiger partial charge in [0, 0.05) is 23.7 Å². The molecule has 0 bridgehead atoms. The zero-order valence-corrected chi connectivity index (χ0v) is 16.4. The number of fused-ring (bicyclic) bond motifs is 1. The number of nitrogens with zero attached hydrogens (tertiary/aromatic N) is 3. The molecule has 5 nitrogen and oxygen atoms in total. The van der Waals surface area contributed by atoms with Crippen LogP contribution >= 0.6 is 34.5 Å². The van der Waals surface area contributed by atoms with Crippen molar-refractivity contribution >= 4 is 40.2 Å². The summed E-state index contributed by atoms with van der Waals surface area (Å²) >= 11 is 13.4. The summed E-state index contributed by atoms with van der Waals surface area (Å²) in [5.41, 5.74) is 2.02. The average Bonchev–Trinajstić information content (AvgIpc) is 3.10. The fraction of sp³-hybridized carbons (Fsp3) is 0.105. The fourth-order valence-corrected chi connectivity index (χ4v) is 3.99. The maximum atomic E-state index is 12.5. The van der Waals surface area contributed by atoms with Crippen LogP contribution in [0.4, 0.5) is 0 Å². The highest BCUT2D eigenvalue weighted by Crippen LogP contribution is 2.31. The van der Waals surface area contributed by atoms with Crippen LogP contribution in [0.2, 0.25) is 10.0 Å². The SMILES string of the molecule is Cc1ccc2nc(-c3ncc(Cc4ccc(Cl)c(Cl)c4)s3)c(O)c(=O)n2c1. The van der Waals surface area contributed by atoms with Gasteiger partial charge in [-0.25, -0.2) is 9.97 Å². The Morgan fingerprint density at radius 1 is 1.19 bits per heavy atom. The van der Waals surface area contributed by atoms with Gasteiger partial charge in [-0.3, -0.25) is 9.20 Å². The van der Waals surface area contributed by atoms with Gasteiger partial charge in [-0.2, -0.15) is 0 Å². The van der Waals surface area contributed by atoms with E-state index in [1.165, 1.54) is 15.7 Å². The second-order valence-electron chi connectivity index (χ2n) is 6.11. The third-order valence-electron chi connectivity index (χ3n) is 4.07. The lowest BCUT2D eigenvalue weighted by molar-refractivity contribution is 0.465. The molecule has 1 N–H and O–H groups in total. The normalized spacial score (nSPS) is 11.2. The molecule has 0 aliphatic carbocycles. The van der Waals surface area contributed by atoms with Crippen molar-refractivity contribution in [3.8, 4) is 16.5 Å². The molecular weight excluding hydrogens is 405 g/mol. The highest BCUT2D eigenvalue weighted by Gasteiger charge is 2.17. The molecular formula is C19H13Cl2N3O2S. The van der Waals surface area contributed by atoms with Crippen LogP contribution in [0, 0.1) is 6.92 Å². The molecule has 0 saturated heterocycles. The fourth-order valence-electron chi connectivity index (χ4n) is 2.73. The van der Waals surface area contributed by atoms with Crippen molar-refractivity contribution in [2.75, 3.05) is 0 Å². The van der Waals surface area contributed by atoms with E-state index in [1.54, 1.807) is 24.5 Å². The minimum atomic E-state index is -0.514. The van der Waals surface area contributed by atoms with Crippen LogP contribution in [-0.2, 0) is 6.42 Å². The van der Waals surface area contributed by atoms with Crippen LogP contribution in [0.5, 0.6) is 5.75 Å². The molecule has 3 aromatic heterocycles. The van der Waals surface area contributed by atoms with Crippen LogP contribution in [0.15, 0.2) is 47.5 Å². The van der Waals surface area contributed by atoms with E-state index in [9.17, 15) is 9.90 Å². The quantitative estimate of drug-likeness (QED) is 0.523. The monoisotopic (exact) mass is 417 g/mol. The van der Waals surface area contributed by atoms with Gasteiger partial charge in [-0.15, -0.1) is 11.3 Å². The summed E-state index contributed by atoms with van der Waals surface area (Å²) in [6, 6.07) is 9.06. The maximum Gasteiger partial charge on any atom is 0.300 e. The second kappa shape index (κ2) is 6.96. The first-order valence-electron chi connectivity index (χ1n) is 8.03. The summed E-state index contributed by atoms with van der Waals surface area (Å²) in [7, 11) is 0. The summed E-state index contributed by atoms with van der Waals surface area (Å²) in [5, 5.41) is 11.8. The predicted octanol–water partition coefficient (Wildman–Crippen LogP) is 4.73. The maximum absolute atomic E-state index is 12.5. The highest BCUT2D eigenvalue weighted by atomic mass is 35.5. The number of aromatic hydroxyl groups is 1. The lowest BCUT2D eigenvalue weighted by Gasteiger charge is -2.05. The summed E-state index contributed by atoms with van der Waals surface area (Å²) in [5.74, 6) is -0.409. The zero-order chi connectivity index (χ0) is 19.1. The number of halogens is 2. The van der Waals surface area contributed by atoms with Gasteiger partial charge in [0.1, 0.15) is 16.3 Å². The van der Waals surface area contributed by atoms with Crippen LogP contribution in [0.3, 0.4) is 0 Å². The van der Waals surface area contributed by atoms with Gasteiger partial charge in [0.05, 0.1) is 10.0 Å². The Morgan fingerprint density at radius 2 is 2.00 bits per heavy atom. The van der Waals surface area contributed by atoms with E-state index in [0.717, 1.165) is 16.0 Å². The molecule has 0 aliphatic heterocycles. The molecule has 0 spiro atoms. The lowest BCUT2D eigenvalue weighted by Crippen LogP contribution is -2.15. The van der Waals surface area contributed by atoms with E-state index >= 15 is 0 Å². The Balaban J connectivity index is 1.72. The third-order valence-corrected chi connectivity index (χ3v) is 5.81. The Hall–Kier alpha value is -2.41. The summed E-state index contributed by atoms with van der Waals surface area (Å²) < 4.78 is 1.33. The van der Waals surface area contributed by atoms with Gasteiger partial charge in [0.2, 0.25) is 5.75 Å². The Bertz CT molecular complexity index is 1230. The minimum absolute atomic E-state index is 0.189. The van der Waals surface area contributed by atoms with E-state index < -0.39 is 11.3 Å². The summed E-state index contributed by atoms with van der Waals surface area (Å²) in [4.78, 5) is 22.2. The second-order valence-corrected chi connectivity index (χ2v) is 8.04. The van der Waals surface area contributed by atoms with E-state index in [2.05, 4.69) is 9.97 Å². The van der Waals surface area contributed by atoms with Crippen molar-refractivity contribution in [3.63, 3.8) is 0 Å². The number of benzene rings is 1. The van der Waals surface area contributed by atoms with Gasteiger partial charge < -0.3 is 5.11 Å². The molecule has 0 atom stereocenters. The van der Waals surface area contributed by atoms with E-state index in [-0.39, 0.29) is 5.69 Å². The molecule has 8 heteroatoms. The van der Waals surface area contributed by atoms with Gasteiger partial charge in [-0.05, 0) is 36.2 Å². The molecule has 3 heterocycles. The Labute approximate surface area is 168 Å². The number of thiazole rings is 1. The molecule has 0 aliphatic rings. The van der Waals surface area contributed by atoms with Gasteiger partial charge >= 0.3 is 5.56 Å². The molecule has 0 amide bonds. The zero-order valence-electron chi connectivity index (χ0n) is 14.1. The van der Waals surface area contributed by atoms with Gasteiger partial charge in [-0.1, -0.05) is 35.3 Å². The van der Waals surface area contributed by atoms with E-state index in [0.29, 0.717) is 27.1 Å². The van der Waals surface area contributed by atoms with E-state index in [4.69, 9.17) is 23.2 Å². The molecule has 0 saturated carbocycles. The standard InChI is InChI=1S/C19H13Cl2N3O2S/c1-10-2-5-15-23-16(17(25)19(26)24(15)9-10)18-22-8-12(27-18)6-11-3-4-13(20)14(21)7-11/h2-5,7-9,25H,6H2,1H3. The smallest absolute Gasteiger partial charge is 0.300 e. The molecule has 4 rings (SSSR count). The van der Waals surface area contributed by atoms with E-state index in [1.807, 2.05) is 25.1 Å². The lowest BCUT2D eigenvalue weighted by atomic mass is 10.1. The molecule has 27 heavy (non-hydrogen) atoms. The number of rotatable bonds is 3. The van der Waals surface area contributed by atoms with Gasteiger partial charge in [0.25, 0.3) is 0 Å². The van der Waals surface area contributed by atoms with Crippen LogP contribution < -0.4 is 5.56 Å². The van der Waals surface area contributed by atoms with Crippen molar-refractivity contribution in [1.82, 2.24) is 14.4 Å². The third kappa shape index (κ3) is 3.43. The van der Waals surface area contributed by atoms with Gasteiger partial charge in [0.15, 0.2) is 0 Å². The molecule has 4 aromatic rings. The predicted molar refractivity (Wildman–Crippen MR) is 108 cm³/mol. The number of pyridine rings is 1. The van der Waals surface area contributed by atoms with Crippen molar-refractivity contribution in [2.45, 2.75) is 13.3 Å². The topological polar surface area (TPSA) is 67.5 Å². The molecule has 0 fully saturated rings. The number of hydrogen-bond donors (Lipinski definition) is 1. The summed E-state index contributed by atoms with van der Waals surface area (Å²) in [6.45, 7) is 1.87. The molecule has 1 aromatic carbocycles. The van der Waals surface area contributed by atoms with Crippen molar-refractivity contribution < 1.29 is 5.11 Å². The van der Waals surface area contributed by atoms with Crippen LogP contribution in [0.25, 0.3) is 16.3 Å². The number of aryl methyl sites for hydroxylation is 1. The molecule has 136 valence electrons. The van der Waals surface area contributed by atoms with Crippen molar-refractivity contribution in [3.05, 3.63) is 79.1 Å². The first kappa shape index (κ1) is 18.0. The van der Waals surface area contributed by atoms with Crippen molar-refractivity contribution in [2.24, 2.45) is 0 Å². The number of hydrogen-bond acceptors (Lipinski definition) is 5. The van der Waals surface area contributed by atoms with Crippen LogP contribution in [0.1, 0.15) is 16.0 Å². The Kier molecular flexibility index (Phi) is 4.63. The largest absolute Gasteiger partial charge is 0.501 e. The summed E-state index contributed by atoms with van der Waals surface area (Å²) in [6.07, 6.45) is 3.97. The highest BCUT2D eigenvalue weighted by molar-refractivity contribution is 7.15. The Morgan fingerprint density at radius 3 is 2.78 bits per heavy atom. The average molecular weight is 418 g/mol.